The summed E-state index contributed by atoms with van der Waals surface area (Å²) in [6, 6.07) is 11.8. The Morgan fingerprint density at radius 2 is 1.70 bits per heavy atom. The summed E-state index contributed by atoms with van der Waals surface area (Å²) in [5.74, 6) is 0.487. The van der Waals surface area contributed by atoms with Gasteiger partial charge in [0.05, 0.1) is 0 Å². The lowest BCUT2D eigenvalue weighted by Gasteiger charge is -2.32. The topological polar surface area (TPSA) is 86.5 Å². The van der Waals surface area contributed by atoms with Gasteiger partial charge in [-0.05, 0) is 43.2 Å². The molecule has 0 bridgehead atoms. The molecule has 156 valence electrons. The van der Waals surface area contributed by atoms with Crippen LogP contribution in [0.4, 0.5) is 17.3 Å². The average Bonchev–Trinajstić information content (AvgIpc) is 3.29. The number of nitrogens with one attached hydrogen (secondary N) is 1. The van der Waals surface area contributed by atoms with Gasteiger partial charge in [0.1, 0.15) is 5.65 Å². The van der Waals surface area contributed by atoms with Gasteiger partial charge >= 0.3 is 0 Å². The van der Waals surface area contributed by atoms with Crippen molar-refractivity contribution in [3.05, 3.63) is 52.9 Å². The molecule has 3 heterocycles. The first-order valence-electron chi connectivity index (χ1n) is 10.6. The second kappa shape index (κ2) is 8.04. The van der Waals surface area contributed by atoms with Crippen molar-refractivity contribution in [1.29, 1.82) is 0 Å². The van der Waals surface area contributed by atoms with Gasteiger partial charge in [0.15, 0.2) is 0 Å². The highest BCUT2D eigenvalue weighted by molar-refractivity contribution is 5.76. The first-order chi connectivity index (χ1) is 14.7. The SMILES string of the molecule is O=c1ccc2cnc(Nc3ccc(N4CCN(O)CC4)cc3)nc2n1C1CCCC1. The number of hydrogen-bond donors (Lipinski definition) is 2. The Morgan fingerprint density at radius 1 is 0.967 bits per heavy atom. The Hall–Kier alpha value is -2.97. The summed E-state index contributed by atoms with van der Waals surface area (Å²) in [7, 11) is 0. The van der Waals surface area contributed by atoms with Crippen LogP contribution in [0.5, 0.6) is 0 Å². The first-order valence-corrected chi connectivity index (χ1v) is 10.6. The number of rotatable bonds is 4. The normalized spacial score (nSPS) is 18.2. The van der Waals surface area contributed by atoms with E-state index in [2.05, 4.69) is 27.3 Å². The molecular weight excluding hydrogens is 380 g/mol. The van der Waals surface area contributed by atoms with Crippen LogP contribution in [-0.2, 0) is 0 Å². The summed E-state index contributed by atoms with van der Waals surface area (Å²) in [6.07, 6.45) is 6.14. The molecule has 0 unspecified atom stereocenters. The predicted molar refractivity (Wildman–Crippen MR) is 117 cm³/mol. The lowest BCUT2D eigenvalue weighted by Crippen LogP contribution is -2.44. The molecule has 8 heteroatoms. The molecule has 0 radical (unpaired) electrons. The molecule has 3 aromatic rings. The van der Waals surface area contributed by atoms with Crippen LogP contribution >= 0.6 is 0 Å². The molecule has 2 aromatic heterocycles. The van der Waals surface area contributed by atoms with Crippen LogP contribution < -0.4 is 15.8 Å². The number of pyridine rings is 1. The van der Waals surface area contributed by atoms with E-state index in [1.165, 1.54) is 5.06 Å². The monoisotopic (exact) mass is 406 g/mol. The highest BCUT2D eigenvalue weighted by Crippen LogP contribution is 2.30. The van der Waals surface area contributed by atoms with Gasteiger partial charge in [0.25, 0.3) is 5.56 Å². The molecule has 1 aromatic carbocycles. The van der Waals surface area contributed by atoms with E-state index in [4.69, 9.17) is 4.98 Å². The van der Waals surface area contributed by atoms with Gasteiger partial charge in [-0.3, -0.25) is 9.36 Å². The molecule has 1 aliphatic carbocycles. The third kappa shape index (κ3) is 3.76. The van der Waals surface area contributed by atoms with Crippen LogP contribution in [-0.4, -0.2) is 51.0 Å². The zero-order valence-electron chi connectivity index (χ0n) is 16.9. The molecule has 1 saturated heterocycles. The quantitative estimate of drug-likeness (QED) is 0.688. The van der Waals surface area contributed by atoms with Crippen molar-refractivity contribution in [3.8, 4) is 0 Å². The largest absolute Gasteiger partial charge is 0.369 e. The van der Waals surface area contributed by atoms with E-state index in [1.54, 1.807) is 18.3 Å². The lowest BCUT2D eigenvalue weighted by atomic mass is 10.2. The van der Waals surface area contributed by atoms with Gasteiger partial charge in [0, 0.05) is 61.2 Å². The Morgan fingerprint density at radius 3 is 2.43 bits per heavy atom. The van der Waals surface area contributed by atoms with Gasteiger partial charge < -0.3 is 15.4 Å². The Kier molecular flexibility index (Phi) is 5.10. The van der Waals surface area contributed by atoms with Crippen molar-refractivity contribution < 1.29 is 5.21 Å². The van der Waals surface area contributed by atoms with Gasteiger partial charge in [-0.25, -0.2) is 4.98 Å². The maximum Gasteiger partial charge on any atom is 0.252 e. The number of nitrogens with zero attached hydrogens (tertiary/aromatic N) is 5. The van der Waals surface area contributed by atoms with E-state index in [9.17, 15) is 10.0 Å². The number of hydrogen-bond acceptors (Lipinski definition) is 7. The second-order valence-electron chi connectivity index (χ2n) is 8.06. The van der Waals surface area contributed by atoms with Crippen molar-refractivity contribution in [3.63, 3.8) is 0 Å². The van der Waals surface area contributed by atoms with E-state index >= 15 is 0 Å². The van der Waals surface area contributed by atoms with Crippen LogP contribution in [0.1, 0.15) is 31.7 Å². The van der Waals surface area contributed by atoms with Crippen molar-refractivity contribution >= 4 is 28.4 Å². The Labute approximate surface area is 174 Å². The fourth-order valence-corrected chi connectivity index (χ4v) is 4.45. The standard InChI is InChI=1S/C22H26N6O2/c29-20-10-5-16-15-23-22(25-21(16)28(20)19-3-1-2-4-19)24-17-6-8-18(9-7-17)26-11-13-27(30)14-12-26/h5-10,15,19,30H,1-4,11-14H2,(H,23,24,25). The minimum Gasteiger partial charge on any atom is -0.369 e. The summed E-state index contributed by atoms with van der Waals surface area (Å²) in [5, 5.41) is 15.0. The van der Waals surface area contributed by atoms with Crippen LogP contribution in [0.2, 0.25) is 0 Å². The molecule has 2 aliphatic rings. The molecule has 5 rings (SSSR count). The van der Waals surface area contributed by atoms with E-state index < -0.39 is 0 Å². The van der Waals surface area contributed by atoms with Crippen LogP contribution in [0, 0.1) is 0 Å². The van der Waals surface area contributed by atoms with Crippen LogP contribution in [0.15, 0.2) is 47.4 Å². The van der Waals surface area contributed by atoms with Gasteiger partial charge in [-0.1, -0.05) is 12.8 Å². The van der Waals surface area contributed by atoms with E-state index in [1.807, 2.05) is 16.7 Å². The highest BCUT2D eigenvalue weighted by Gasteiger charge is 2.21. The Balaban J connectivity index is 1.39. The minimum absolute atomic E-state index is 0.00591. The number of piperazine rings is 1. The maximum absolute atomic E-state index is 12.6. The third-order valence-corrected chi connectivity index (χ3v) is 6.10. The molecule has 2 fully saturated rings. The molecule has 0 spiro atoms. The fourth-order valence-electron chi connectivity index (χ4n) is 4.45. The smallest absolute Gasteiger partial charge is 0.252 e. The van der Waals surface area contributed by atoms with Crippen LogP contribution in [0.3, 0.4) is 0 Å². The lowest BCUT2D eigenvalue weighted by molar-refractivity contribution is -0.0935. The van der Waals surface area contributed by atoms with Crippen LogP contribution in [0.25, 0.3) is 11.0 Å². The van der Waals surface area contributed by atoms with Gasteiger partial charge in [-0.2, -0.15) is 10.0 Å². The highest BCUT2D eigenvalue weighted by atomic mass is 16.5. The van der Waals surface area contributed by atoms with Crippen molar-refractivity contribution in [2.45, 2.75) is 31.7 Å². The van der Waals surface area contributed by atoms with E-state index in [0.717, 1.165) is 55.5 Å². The summed E-state index contributed by atoms with van der Waals surface area (Å²) in [6.45, 7) is 2.90. The maximum atomic E-state index is 12.6. The van der Waals surface area contributed by atoms with E-state index in [0.29, 0.717) is 24.7 Å². The number of benzene rings is 1. The summed E-state index contributed by atoms with van der Waals surface area (Å²) in [4.78, 5) is 23.9. The van der Waals surface area contributed by atoms with Gasteiger partial charge in [-0.15, -0.1) is 0 Å². The number of aromatic nitrogens is 3. The third-order valence-electron chi connectivity index (χ3n) is 6.10. The van der Waals surface area contributed by atoms with E-state index in [-0.39, 0.29) is 11.6 Å². The molecule has 0 atom stereocenters. The van der Waals surface area contributed by atoms with Crippen molar-refractivity contribution in [2.75, 3.05) is 36.4 Å². The zero-order valence-corrected chi connectivity index (χ0v) is 16.9. The summed E-state index contributed by atoms with van der Waals surface area (Å²) >= 11 is 0. The molecule has 30 heavy (non-hydrogen) atoms. The number of hydroxylamine groups is 2. The Bertz CT molecular complexity index is 1080. The first kappa shape index (κ1) is 19.0. The zero-order chi connectivity index (χ0) is 20.5. The molecule has 1 aliphatic heterocycles. The molecular formula is C22H26N6O2. The number of anilines is 3. The molecule has 1 saturated carbocycles. The minimum atomic E-state index is 0.00591. The molecule has 2 N–H and O–H groups in total. The second-order valence-corrected chi connectivity index (χ2v) is 8.06. The summed E-state index contributed by atoms with van der Waals surface area (Å²) in [5.41, 5.74) is 2.73. The van der Waals surface area contributed by atoms with Gasteiger partial charge in [0.2, 0.25) is 5.95 Å². The molecule has 8 nitrogen and oxygen atoms in total. The predicted octanol–water partition coefficient (Wildman–Crippen LogP) is 3.16. The average molecular weight is 406 g/mol. The number of fused-ring (bicyclic) bond motifs is 1. The fraction of sp³-hybridized carbons (Fsp3) is 0.409. The summed E-state index contributed by atoms with van der Waals surface area (Å²) < 4.78 is 1.85. The molecule has 0 amide bonds. The van der Waals surface area contributed by atoms with Crippen molar-refractivity contribution in [1.82, 2.24) is 19.6 Å². The van der Waals surface area contributed by atoms with Crippen molar-refractivity contribution in [2.24, 2.45) is 0 Å².